The number of carbonyl (C=O) groups excluding carboxylic acids is 1. The van der Waals surface area contributed by atoms with Crippen molar-refractivity contribution in [2.75, 3.05) is 69.1 Å². The molecule has 3 heterocycles. The number of fused-ring (bicyclic) bond motifs is 1. The van der Waals surface area contributed by atoms with Crippen LogP contribution >= 0.6 is 0 Å². The molecular weight excluding hydrogens is 568 g/mol. The Morgan fingerprint density at radius 1 is 1.00 bits per heavy atom. The first-order chi connectivity index (χ1) is 20.8. The Hall–Kier alpha value is -4.13. The van der Waals surface area contributed by atoms with Gasteiger partial charge < -0.3 is 29.9 Å². The van der Waals surface area contributed by atoms with Gasteiger partial charge in [0.05, 0.1) is 28.0 Å². The largest absolute Gasteiger partial charge is 0.497 e. The van der Waals surface area contributed by atoms with E-state index in [4.69, 9.17) is 9.47 Å². The Kier molecular flexibility index (Phi) is 8.24. The van der Waals surface area contributed by atoms with E-state index in [-0.39, 0.29) is 27.6 Å². The number of methoxy groups -OCH3 is 1. The van der Waals surface area contributed by atoms with Crippen molar-refractivity contribution in [2.45, 2.75) is 28.7 Å². The molecule has 2 aliphatic rings. The fraction of sp³-hybridized carbons (Fsp3) is 0.355. The zero-order valence-electron chi connectivity index (χ0n) is 24.3. The number of hydrogen-bond donors (Lipinski definition) is 3. The molecule has 2 fully saturated rings. The second kappa shape index (κ2) is 12.2. The van der Waals surface area contributed by atoms with Crippen molar-refractivity contribution in [3.63, 3.8) is 0 Å². The SMILES string of the molecule is COc1cccc(S(=O)(=O)c2ccc3[nH]nc(NC(=O)c4ccc(N5CCN(C)CC5)cc4NC4CCOCC4)c3c2)c1. The highest BCUT2D eigenvalue weighted by molar-refractivity contribution is 7.91. The van der Waals surface area contributed by atoms with Crippen molar-refractivity contribution in [2.24, 2.45) is 0 Å². The van der Waals surface area contributed by atoms with Crippen LogP contribution in [0.5, 0.6) is 5.75 Å². The van der Waals surface area contributed by atoms with Gasteiger partial charge in [-0.15, -0.1) is 0 Å². The summed E-state index contributed by atoms with van der Waals surface area (Å²) in [6.07, 6.45) is 1.71. The van der Waals surface area contributed by atoms with Crippen molar-refractivity contribution in [3.8, 4) is 5.75 Å². The van der Waals surface area contributed by atoms with Gasteiger partial charge in [-0.05, 0) is 74.5 Å². The predicted octanol–water partition coefficient (Wildman–Crippen LogP) is 4.00. The number of ether oxygens (including phenoxy) is 2. The van der Waals surface area contributed by atoms with Gasteiger partial charge in [0, 0.05) is 62.2 Å². The van der Waals surface area contributed by atoms with Crippen molar-refractivity contribution in [3.05, 3.63) is 66.2 Å². The van der Waals surface area contributed by atoms with Gasteiger partial charge in [-0.3, -0.25) is 9.89 Å². The molecule has 11 nitrogen and oxygen atoms in total. The summed E-state index contributed by atoms with van der Waals surface area (Å²) in [7, 11) is -0.230. The van der Waals surface area contributed by atoms with Gasteiger partial charge in [0.1, 0.15) is 5.75 Å². The van der Waals surface area contributed by atoms with Gasteiger partial charge in [0.25, 0.3) is 5.91 Å². The van der Waals surface area contributed by atoms with E-state index in [0.717, 1.165) is 50.4 Å². The number of aromatic nitrogens is 2. The van der Waals surface area contributed by atoms with Gasteiger partial charge in [0.2, 0.25) is 9.84 Å². The van der Waals surface area contributed by atoms with Crippen LogP contribution in [0, 0.1) is 0 Å². The number of carbonyl (C=O) groups is 1. The molecule has 3 N–H and O–H groups in total. The van der Waals surface area contributed by atoms with Crippen LogP contribution in [-0.4, -0.2) is 89.0 Å². The first-order valence-corrected chi connectivity index (χ1v) is 15.9. The van der Waals surface area contributed by atoms with Crippen LogP contribution in [0.1, 0.15) is 23.2 Å². The van der Waals surface area contributed by atoms with Gasteiger partial charge in [0.15, 0.2) is 5.82 Å². The number of likely N-dealkylation sites (N-methyl/N-ethyl adjacent to an activating group) is 1. The maximum absolute atomic E-state index is 13.7. The summed E-state index contributed by atoms with van der Waals surface area (Å²) < 4.78 is 37.6. The van der Waals surface area contributed by atoms with Crippen LogP contribution in [0.15, 0.2) is 70.5 Å². The summed E-state index contributed by atoms with van der Waals surface area (Å²) in [4.78, 5) is 18.6. The normalized spacial score (nSPS) is 16.7. The molecule has 43 heavy (non-hydrogen) atoms. The third-order valence-electron chi connectivity index (χ3n) is 8.13. The fourth-order valence-corrected chi connectivity index (χ4v) is 6.83. The average molecular weight is 605 g/mol. The highest BCUT2D eigenvalue weighted by Crippen LogP contribution is 2.31. The first-order valence-electron chi connectivity index (χ1n) is 14.4. The third-order valence-corrected chi connectivity index (χ3v) is 9.87. The number of H-pyrrole nitrogens is 1. The quantitative estimate of drug-likeness (QED) is 0.273. The van der Waals surface area contributed by atoms with E-state index in [1.54, 1.807) is 18.2 Å². The van der Waals surface area contributed by atoms with Crippen LogP contribution in [0.3, 0.4) is 0 Å². The Morgan fingerprint density at radius 2 is 1.77 bits per heavy atom. The Morgan fingerprint density at radius 3 is 2.53 bits per heavy atom. The van der Waals surface area contributed by atoms with Crippen LogP contribution in [-0.2, 0) is 14.6 Å². The van der Waals surface area contributed by atoms with E-state index in [1.165, 1.54) is 31.4 Å². The number of anilines is 3. The second-order valence-corrected chi connectivity index (χ2v) is 12.9. The number of hydrogen-bond acceptors (Lipinski definition) is 9. The number of piperazine rings is 1. The molecule has 0 atom stereocenters. The molecule has 2 saturated heterocycles. The number of benzene rings is 3. The molecule has 0 spiro atoms. The molecule has 6 rings (SSSR count). The lowest BCUT2D eigenvalue weighted by Gasteiger charge is -2.34. The molecule has 0 aliphatic carbocycles. The number of aromatic amines is 1. The zero-order chi connectivity index (χ0) is 30.0. The Labute approximate surface area is 251 Å². The lowest BCUT2D eigenvalue weighted by molar-refractivity contribution is 0.0904. The highest BCUT2D eigenvalue weighted by Gasteiger charge is 2.23. The smallest absolute Gasteiger partial charge is 0.258 e. The molecule has 0 saturated carbocycles. The van der Waals surface area contributed by atoms with Gasteiger partial charge in [-0.1, -0.05) is 6.07 Å². The first kappa shape index (κ1) is 29.0. The molecule has 2 aliphatic heterocycles. The minimum atomic E-state index is -3.84. The van der Waals surface area contributed by atoms with Gasteiger partial charge in [-0.25, -0.2) is 8.42 Å². The number of amides is 1. The monoisotopic (exact) mass is 604 g/mol. The molecule has 0 radical (unpaired) electrons. The van der Waals surface area contributed by atoms with Crippen LogP contribution in [0.25, 0.3) is 10.9 Å². The lowest BCUT2D eigenvalue weighted by atomic mass is 10.1. The maximum atomic E-state index is 13.7. The average Bonchev–Trinajstić information content (AvgIpc) is 3.43. The number of rotatable bonds is 8. The molecule has 1 amide bonds. The van der Waals surface area contributed by atoms with Gasteiger partial charge in [-0.2, -0.15) is 5.10 Å². The molecular formula is C31H36N6O5S. The summed E-state index contributed by atoms with van der Waals surface area (Å²) in [6.45, 7) is 5.15. The number of nitrogens with zero attached hydrogens (tertiary/aromatic N) is 3. The second-order valence-electron chi connectivity index (χ2n) is 11.0. The highest BCUT2D eigenvalue weighted by atomic mass is 32.2. The van der Waals surface area contributed by atoms with Crippen molar-refractivity contribution in [1.82, 2.24) is 15.1 Å². The van der Waals surface area contributed by atoms with Crippen molar-refractivity contribution >= 4 is 43.8 Å². The summed E-state index contributed by atoms with van der Waals surface area (Å²) >= 11 is 0. The summed E-state index contributed by atoms with van der Waals surface area (Å²) in [5, 5.41) is 14.2. The van der Waals surface area contributed by atoms with E-state index in [9.17, 15) is 13.2 Å². The van der Waals surface area contributed by atoms with Crippen LogP contribution in [0.2, 0.25) is 0 Å². The summed E-state index contributed by atoms with van der Waals surface area (Å²) in [5.41, 5.74) is 2.91. The van der Waals surface area contributed by atoms with Gasteiger partial charge >= 0.3 is 0 Å². The summed E-state index contributed by atoms with van der Waals surface area (Å²) in [5.74, 6) is 0.360. The third kappa shape index (κ3) is 6.17. The molecule has 226 valence electrons. The lowest BCUT2D eigenvalue weighted by Crippen LogP contribution is -2.44. The molecule has 0 bridgehead atoms. The predicted molar refractivity (Wildman–Crippen MR) is 166 cm³/mol. The topological polar surface area (TPSA) is 129 Å². The minimum absolute atomic E-state index is 0.0866. The number of sulfone groups is 1. The molecule has 0 unspecified atom stereocenters. The van der Waals surface area contributed by atoms with Crippen molar-refractivity contribution in [1.29, 1.82) is 0 Å². The van der Waals surface area contributed by atoms with E-state index in [1.807, 2.05) is 12.1 Å². The molecule has 3 aromatic carbocycles. The van der Waals surface area contributed by atoms with E-state index in [2.05, 4.69) is 43.7 Å². The fourth-order valence-electron chi connectivity index (χ4n) is 5.51. The molecule has 12 heteroatoms. The van der Waals surface area contributed by atoms with E-state index in [0.29, 0.717) is 35.4 Å². The molecule has 4 aromatic rings. The van der Waals surface area contributed by atoms with Crippen LogP contribution in [0.4, 0.5) is 17.2 Å². The van der Waals surface area contributed by atoms with E-state index >= 15 is 0 Å². The van der Waals surface area contributed by atoms with E-state index < -0.39 is 9.84 Å². The molecule has 1 aromatic heterocycles. The summed E-state index contributed by atoms with van der Waals surface area (Å²) in [6, 6.07) is 17.1. The van der Waals surface area contributed by atoms with Crippen molar-refractivity contribution < 1.29 is 22.7 Å². The van der Waals surface area contributed by atoms with Crippen LogP contribution < -0.4 is 20.3 Å². The standard InChI is InChI=1S/C31H36N6O5S/c1-36-12-14-37(15-13-36)22-6-8-26(29(18-22)32-21-10-16-42-17-11-21)31(38)33-30-27-20-25(7-9-28(27)34-35-30)43(39,40)24-5-3-4-23(19-24)41-2/h3-9,18-21,32H,10-17H2,1-2H3,(H2,33,34,35,38). The Bertz CT molecular complexity index is 1730. The Balaban J connectivity index is 1.29. The minimum Gasteiger partial charge on any atom is -0.497 e. The number of nitrogens with one attached hydrogen (secondary N) is 3. The maximum Gasteiger partial charge on any atom is 0.258 e. The zero-order valence-corrected chi connectivity index (χ0v) is 25.1.